The number of benzene rings is 2. The van der Waals surface area contributed by atoms with Crippen molar-refractivity contribution in [3.05, 3.63) is 59.2 Å². The summed E-state index contributed by atoms with van der Waals surface area (Å²) in [5.41, 5.74) is 5.26. The van der Waals surface area contributed by atoms with Crippen molar-refractivity contribution < 1.29 is 4.79 Å². The maximum Gasteiger partial charge on any atom is 0.275 e. The SMILES string of the molecule is Cc1cccc(N=C2C(=O)Nc3ccc(C)cc32)c1. The van der Waals surface area contributed by atoms with Gasteiger partial charge in [-0.2, -0.15) is 0 Å². The van der Waals surface area contributed by atoms with Crippen molar-refractivity contribution in [1.82, 2.24) is 0 Å². The van der Waals surface area contributed by atoms with Crippen molar-refractivity contribution in [1.29, 1.82) is 0 Å². The zero-order chi connectivity index (χ0) is 13.4. The van der Waals surface area contributed by atoms with Crippen molar-refractivity contribution in [2.24, 2.45) is 4.99 Å². The van der Waals surface area contributed by atoms with Gasteiger partial charge in [-0.05, 0) is 43.7 Å². The third-order valence-corrected chi connectivity index (χ3v) is 3.14. The molecule has 0 fully saturated rings. The first-order valence-electron chi connectivity index (χ1n) is 6.21. The highest BCUT2D eigenvalue weighted by Crippen LogP contribution is 2.26. The molecule has 0 aromatic heterocycles. The van der Waals surface area contributed by atoms with Crippen LogP contribution in [0.3, 0.4) is 0 Å². The molecule has 1 amide bonds. The Morgan fingerprint density at radius 3 is 2.58 bits per heavy atom. The molecule has 2 aromatic carbocycles. The molecular formula is C16H14N2O. The Kier molecular flexibility index (Phi) is 2.67. The van der Waals surface area contributed by atoms with Crippen LogP contribution in [0.25, 0.3) is 0 Å². The lowest BCUT2D eigenvalue weighted by Gasteiger charge is -2.00. The lowest BCUT2D eigenvalue weighted by atomic mass is 10.1. The van der Waals surface area contributed by atoms with Gasteiger partial charge in [-0.15, -0.1) is 0 Å². The Morgan fingerprint density at radius 2 is 1.79 bits per heavy atom. The Labute approximate surface area is 112 Å². The summed E-state index contributed by atoms with van der Waals surface area (Å²) in [4.78, 5) is 16.5. The molecule has 2 aromatic rings. The van der Waals surface area contributed by atoms with Crippen LogP contribution in [0.5, 0.6) is 0 Å². The van der Waals surface area contributed by atoms with Crippen LogP contribution in [0.15, 0.2) is 47.5 Å². The monoisotopic (exact) mass is 250 g/mol. The Morgan fingerprint density at radius 1 is 1.00 bits per heavy atom. The van der Waals surface area contributed by atoms with E-state index in [1.165, 1.54) is 0 Å². The fourth-order valence-corrected chi connectivity index (χ4v) is 2.20. The van der Waals surface area contributed by atoms with Gasteiger partial charge in [-0.1, -0.05) is 23.8 Å². The number of amides is 1. The lowest BCUT2D eigenvalue weighted by molar-refractivity contribution is -0.110. The van der Waals surface area contributed by atoms with Crippen molar-refractivity contribution >= 4 is 23.0 Å². The number of fused-ring (bicyclic) bond motifs is 1. The predicted molar refractivity (Wildman–Crippen MR) is 77.2 cm³/mol. The zero-order valence-corrected chi connectivity index (χ0v) is 10.9. The fourth-order valence-electron chi connectivity index (χ4n) is 2.20. The summed E-state index contributed by atoms with van der Waals surface area (Å²) in [5, 5.41) is 2.84. The molecule has 3 nitrogen and oxygen atoms in total. The number of aliphatic imine (C=N–C) groups is 1. The van der Waals surface area contributed by atoms with Crippen LogP contribution in [0.4, 0.5) is 11.4 Å². The van der Waals surface area contributed by atoms with E-state index in [0.717, 1.165) is 28.1 Å². The fraction of sp³-hybridized carbons (Fsp3) is 0.125. The molecule has 3 heteroatoms. The van der Waals surface area contributed by atoms with E-state index in [4.69, 9.17) is 0 Å². The molecule has 1 N–H and O–H groups in total. The molecule has 0 spiro atoms. The second kappa shape index (κ2) is 4.35. The van der Waals surface area contributed by atoms with Gasteiger partial charge < -0.3 is 5.32 Å². The first-order chi connectivity index (χ1) is 9.13. The van der Waals surface area contributed by atoms with Gasteiger partial charge in [0.15, 0.2) is 0 Å². The maximum atomic E-state index is 12.0. The minimum Gasteiger partial charge on any atom is -0.320 e. The first-order valence-corrected chi connectivity index (χ1v) is 6.21. The molecule has 0 unspecified atom stereocenters. The van der Waals surface area contributed by atoms with E-state index in [1.807, 2.05) is 56.3 Å². The number of carbonyl (C=O) groups excluding carboxylic acids is 1. The first kappa shape index (κ1) is 11.7. The summed E-state index contributed by atoms with van der Waals surface area (Å²) in [6.07, 6.45) is 0. The second-order valence-corrected chi connectivity index (χ2v) is 4.80. The highest BCUT2D eigenvalue weighted by atomic mass is 16.2. The van der Waals surface area contributed by atoms with Crippen LogP contribution < -0.4 is 5.32 Å². The third kappa shape index (κ3) is 2.15. The minimum absolute atomic E-state index is 0.137. The van der Waals surface area contributed by atoms with Crippen molar-refractivity contribution in [3.8, 4) is 0 Å². The molecule has 1 aliphatic heterocycles. The van der Waals surface area contributed by atoms with Gasteiger partial charge in [0.2, 0.25) is 0 Å². The summed E-state index contributed by atoms with van der Waals surface area (Å²) in [6, 6.07) is 13.7. The number of carbonyl (C=O) groups is 1. The van der Waals surface area contributed by atoms with E-state index in [-0.39, 0.29) is 5.91 Å². The summed E-state index contributed by atoms with van der Waals surface area (Å²) in [6.45, 7) is 4.02. The van der Waals surface area contributed by atoms with Gasteiger partial charge in [-0.25, -0.2) is 4.99 Å². The van der Waals surface area contributed by atoms with E-state index < -0.39 is 0 Å². The average Bonchev–Trinajstić information content (AvgIpc) is 2.66. The number of nitrogens with one attached hydrogen (secondary N) is 1. The van der Waals surface area contributed by atoms with Gasteiger partial charge in [0.1, 0.15) is 5.71 Å². The lowest BCUT2D eigenvalue weighted by Crippen LogP contribution is -2.13. The second-order valence-electron chi connectivity index (χ2n) is 4.80. The van der Waals surface area contributed by atoms with Gasteiger partial charge in [0, 0.05) is 5.56 Å². The number of aryl methyl sites for hydroxylation is 2. The van der Waals surface area contributed by atoms with Crippen molar-refractivity contribution in [2.75, 3.05) is 5.32 Å². The largest absolute Gasteiger partial charge is 0.320 e. The van der Waals surface area contributed by atoms with Crippen LogP contribution in [0.2, 0.25) is 0 Å². The highest BCUT2D eigenvalue weighted by Gasteiger charge is 2.25. The number of hydrogen-bond donors (Lipinski definition) is 1. The Balaban J connectivity index is 2.11. The van der Waals surface area contributed by atoms with Crippen molar-refractivity contribution in [3.63, 3.8) is 0 Å². The van der Waals surface area contributed by atoms with Crippen LogP contribution in [0.1, 0.15) is 16.7 Å². The molecule has 0 aliphatic carbocycles. The summed E-state index contributed by atoms with van der Waals surface area (Å²) < 4.78 is 0. The number of anilines is 1. The topological polar surface area (TPSA) is 41.5 Å². The molecule has 0 radical (unpaired) electrons. The van der Waals surface area contributed by atoms with Crippen molar-refractivity contribution in [2.45, 2.75) is 13.8 Å². The normalized spacial score (nSPS) is 15.5. The van der Waals surface area contributed by atoms with E-state index in [0.29, 0.717) is 5.71 Å². The summed E-state index contributed by atoms with van der Waals surface area (Å²) in [7, 11) is 0. The molecule has 19 heavy (non-hydrogen) atoms. The van der Waals surface area contributed by atoms with Gasteiger partial charge >= 0.3 is 0 Å². The molecule has 0 saturated heterocycles. The number of nitrogens with zero attached hydrogens (tertiary/aromatic N) is 1. The van der Waals surface area contributed by atoms with Gasteiger partial charge in [-0.3, -0.25) is 4.79 Å². The van der Waals surface area contributed by atoms with E-state index in [1.54, 1.807) is 0 Å². The standard InChI is InChI=1S/C16H14N2O/c1-10-4-3-5-12(8-10)17-15-13-9-11(2)6-7-14(13)18-16(15)19/h3-9H,1-2H3,(H,17,18,19). The van der Waals surface area contributed by atoms with Crippen LogP contribution in [-0.2, 0) is 4.79 Å². The number of hydrogen-bond acceptors (Lipinski definition) is 2. The molecular weight excluding hydrogens is 236 g/mol. The molecule has 0 bridgehead atoms. The Bertz CT molecular complexity index is 702. The highest BCUT2D eigenvalue weighted by molar-refractivity contribution is 6.54. The quantitative estimate of drug-likeness (QED) is 0.828. The molecule has 3 rings (SSSR count). The summed E-state index contributed by atoms with van der Waals surface area (Å²) in [5.74, 6) is -0.137. The maximum absolute atomic E-state index is 12.0. The summed E-state index contributed by atoms with van der Waals surface area (Å²) >= 11 is 0. The average molecular weight is 250 g/mol. The third-order valence-electron chi connectivity index (χ3n) is 3.14. The van der Waals surface area contributed by atoms with Crippen LogP contribution in [-0.4, -0.2) is 11.6 Å². The molecule has 0 atom stereocenters. The van der Waals surface area contributed by atoms with E-state index in [9.17, 15) is 4.79 Å². The van der Waals surface area contributed by atoms with E-state index >= 15 is 0 Å². The number of rotatable bonds is 1. The molecule has 0 saturated carbocycles. The smallest absolute Gasteiger partial charge is 0.275 e. The predicted octanol–water partition coefficient (Wildman–Crippen LogP) is 3.38. The van der Waals surface area contributed by atoms with Gasteiger partial charge in [0.25, 0.3) is 5.91 Å². The van der Waals surface area contributed by atoms with E-state index in [2.05, 4.69) is 10.3 Å². The van der Waals surface area contributed by atoms with Gasteiger partial charge in [0.05, 0.1) is 11.4 Å². The molecule has 1 heterocycles. The molecule has 94 valence electrons. The zero-order valence-electron chi connectivity index (χ0n) is 10.9. The minimum atomic E-state index is -0.137. The Hall–Kier alpha value is -2.42. The van der Waals surface area contributed by atoms with Crippen LogP contribution in [0, 0.1) is 13.8 Å². The van der Waals surface area contributed by atoms with Crippen LogP contribution >= 0.6 is 0 Å². The molecule has 1 aliphatic rings.